The number of hydrogen-bond acceptors (Lipinski definition) is 6. The van der Waals surface area contributed by atoms with Crippen molar-refractivity contribution in [1.29, 1.82) is 0 Å². The van der Waals surface area contributed by atoms with Crippen molar-refractivity contribution in [2.75, 3.05) is 19.1 Å². The first-order valence-electron chi connectivity index (χ1n) is 10.1. The van der Waals surface area contributed by atoms with E-state index in [0.717, 1.165) is 11.1 Å². The van der Waals surface area contributed by atoms with Gasteiger partial charge in [0.05, 0.1) is 36.6 Å². The van der Waals surface area contributed by atoms with Crippen molar-refractivity contribution in [2.45, 2.75) is 19.9 Å². The number of furan rings is 1. The van der Waals surface area contributed by atoms with Crippen molar-refractivity contribution in [2.24, 2.45) is 0 Å². The van der Waals surface area contributed by atoms with Crippen LogP contribution in [0.1, 0.15) is 28.5 Å². The highest BCUT2D eigenvalue weighted by Gasteiger charge is 2.49. The van der Waals surface area contributed by atoms with Crippen LogP contribution >= 0.6 is 11.6 Å². The average Bonchev–Trinajstić information content (AvgIpc) is 3.42. The maximum Gasteiger partial charge on any atom is 0.300 e. The Kier molecular flexibility index (Phi) is 5.91. The maximum absolute atomic E-state index is 13.3. The molecule has 1 aromatic heterocycles. The number of aliphatic hydroxyl groups excluding tert-OH is 1. The van der Waals surface area contributed by atoms with Crippen molar-refractivity contribution >= 4 is 34.7 Å². The van der Waals surface area contributed by atoms with Crippen LogP contribution in [-0.2, 0) is 9.59 Å². The van der Waals surface area contributed by atoms with Crippen molar-refractivity contribution in [3.63, 3.8) is 0 Å². The third-order valence-electron chi connectivity index (χ3n) is 5.61. The lowest BCUT2D eigenvalue weighted by Crippen LogP contribution is -2.30. The van der Waals surface area contributed by atoms with Crippen molar-refractivity contribution in [3.8, 4) is 11.5 Å². The second-order valence-electron chi connectivity index (χ2n) is 7.66. The predicted octanol–water partition coefficient (Wildman–Crippen LogP) is 5.19. The smallest absolute Gasteiger partial charge is 0.300 e. The summed E-state index contributed by atoms with van der Waals surface area (Å²) >= 11 is 6.28. The topological polar surface area (TPSA) is 89.2 Å². The van der Waals surface area contributed by atoms with Gasteiger partial charge in [0, 0.05) is 11.8 Å². The van der Waals surface area contributed by atoms with E-state index in [1.54, 1.807) is 12.1 Å². The molecule has 0 radical (unpaired) electrons. The minimum Gasteiger partial charge on any atom is -0.507 e. The second-order valence-corrected chi connectivity index (χ2v) is 8.07. The first-order chi connectivity index (χ1) is 15.8. The molecule has 170 valence electrons. The molecular weight excluding hydrogens is 446 g/mol. The Hall–Kier alpha value is -3.71. The Bertz CT molecular complexity index is 1280. The van der Waals surface area contributed by atoms with Crippen LogP contribution in [0.3, 0.4) is 0 Å². The molecule has 1 fully saturated rings. The Morgan fingerprint density at radius 2 is 1.79 bits per heavy atom. The lowest BCUT2D eigenvalue weighted by Gasteiger charge is -2.25. The van der Waals surface area contributed by atoms with E-state index in [-0.39, 0.29) is 21.9 Å². The van der Waals surface area contributed by atoms with Crippen molar-refractivity contribution < 1.29 is 28.6 Å². The lowest BCUT2D eigenvalue weighted by atomic mass is 9.98. The number of nitrogens with zero attached hydrogens (tertiary/aromatic N) is 1. The third-order valence-corrected chi connectivity index (χ3v) is 5.91. The number of ketones is 1. The zero-order valence-electron chi connectivity index (χ0n) is 18.5. The average molecular weight is 468 g/mol. The molecule has 1 saturated heterocycles. The molecule has 7 nitrogen and oxygen atoms in total. The summed E-state index contributed by atoms with van der Waals surface area (Å²) in [7, 11) is 2.87. The van der Waals surface area contributed by atoms with Gasteiger partial charge in [-0.1, -0.05) is 23.7 Å². The van der Waals surface area contributed by atoms with E-state index in [0.29, 0.717) is 17.2 Å². The highest BCUT2D eigenvalue weighted by atomic mass is 35.5. The highest BCUT2D eigenvalue weighted by Crippen LogP contribution is 2.45. The molecule has 1 unspecified atom stereocenters. The summed E-state index contributed by atoms with van der Waals surface area (Å²) in [6.45, 7) is 3.74. The Balaban J connectivity index is 1.99. The molecule has 1 aliphatic heterocycles. The largest absolute Gasteiger partial charge is 0.507 e. The third kappa shape index (κ3) is 3.74. The SMILES string of the molecule is COc1cc(OC)c(/C(O)=C2/C(=O)C(=O)N(c3cc(C)ccc3C)C2c2ccco2)cc1Cl. The van der Waals surface area contributed by atoms with Crippen LogP contribution in [0.5, 0.6) is 11.5 Å². The van der Waals surface area contributed by atoms with Gasteiger partial charge in [0.15, 0.2) is 0 Å². The van der Waals surface area contributed by atoms with Gasteiger partial charge >= 0.3 is 0 Å². The normalized spacial score (nSPS) is 17.5. The van der Waals surface area contributed by atoms with Crippen LogP contribution in [-0.4, -0.2) is 31.0 Å². The number of aryl methyl sites for hydroxylation is 2. The number of amides is 1. The molecule has 2 heterocycles. The van der Waals surface area contributed by atoms with Gasteiger partial charge in [-0.15, -0.1) is 0 Å². The number of aliphatic hydroxyl groups is 1. The molecular formula is C25H22ClNO6. The van der Waals surface area contributed by atoms with Crippen LogP contribution in [0.25, 0.3) is 5.76 Å². The first kappa shape index (κ1) is 22.5. The number of anilines is 1. The molecule has 1 atom stereocenters. The van der Waals surface area contributed by atoms with E-state index in [1.165, 1.54) is 37.5 Å². The zero-order chi connectivity index (χ0) is 23.9. The standard InChI is InChI=1S/C25H22ClNO6/c1-13-7-8-14(2)17(10-13)27-22(18-6-5-9-33-18)21(24(29)25(27)30)23(28)15-11-16(26)20(32-4)12-19(15)31-3/h5-12,22,28H,1-4H3/b23-21-. The van der Waals surface area contributed by atoms with E-state index in [1.807, 2.05) is 32.0 Å². The summed E-state index contributed by atoms with van der Waals surface area (Å²) in [6, 6.07) is 10.9. The molecule has 3 aromatic rings. The molecule has 1 N–H and O–H groups in total. The van der Waals surface area contributed by atoms with Crippen LogP contribution in [0, 0.1) is 13.8 Å². The quantitative estimate of drug-likeness (QED) is 0.315. The fourth-order valence-corrected chi connectivity index (χ4v) is 4.21. The molecule has 1 aliphatic rings. The van der Waals surface area contributed by atoms with Crippen molar-refractivity contribution in [3.05, 3.63) is 81.8 Å². The van der Waals surface area contributed by atoms with Gasteiger partial charge in [-0.3, -0.25) is 14.5 Å². The molecule has 0 spiro atoms. The van der Waals surface area contributed by atoms with E-state index in [2.05, 4.69) is 0 Å². The minimum atomic E-state index is -0.980. The van der Waals surface area contributed by atoms with Crippen LogP contribution in [0.2, 0.25) is 5.02 Å². The molecule has 0 saturated carbocycles. The highest BCUT2D eigenvalue weighted by molar-refractivity contribution is 6.51. The summed E-state index contributed by atoms with van der Waals surface area (Å²) in [5.74, 6) is -1.15. The van der Waals surface area contributed by atoms with Gasteiger partial charge < -0.3 is 19.0 Å². The van der Waals surface area contributed by atoms with Crippen LogP contribution in [0.4, 0.5) is 5.69 Å². The summed E-state index contributed by atoms with van der Waals surface area (Å²) in [5, 5.41) is 11.5. The number of Topliss-reactive ketones (excluding diaryl/α,β-unsaturated/α-hetero) is 1. The number of benzene rings is 2. The molecule has 33 heavy (non-hydrogen) atoms. The van der Waals surface area contributed by atoms with Gasteiger partial charge in [-0.25, -0.2) is 0 Å². The molecule has 0 aliphatic carbocycles. The Morgan fingerprint density at radius 1 is 1.06 bits per heavy atom. The van der Waals surface area contributed by atoms with E-state index >= 15 is 0 Å². The van der Waals surface area contributed by atoms with Gasteiger partial charge in [0.2, 0.25) is 0 Å². The second kappa shape index (κ2) is 8.67. The Morgan fingerprint density at radius 3 is 2.42 bits per heavy atom. The van der Waals surface area contributed by atoms with E-state index < -0.39 is 23.5 Å². The number of methoxy groups -OCH3 is 2. The summed E-state index contributed by atoms with van der Waals surface area (Å²) in [5.41, 5.74) is 2.29. The predicted molar refractivity (Wildman–Crippen MR) is 124 cm³/mol. The molecule has 4 rings (SSSR count). The number of carbonyl (C=O) groups excluding carboxylic acids is 2. The van der Waals surface area contributed by atoms with Gasteiger partial charge in [0.25, 0.3) is 11.7 Å². The molecule has 1 amide bonds. The summed E-state index contributed by atoms with van der Waals surface area (Å²) in [4.78, 5) is 27.9. The number of halogens is 1. The first-order valence-corrected chi connectivity index (χ1v) is 10.5. The Labute approximate surface area is 195 Å². The van der Waals surface area contributed by atoms with Gasteiger partial charge in [-0.2, -0.15) is 0 Å². The number of rotatable bonds is 5. The zero-order valence-corrected chi connectivity index (χ0v) is 19.3. The minimum absolute atomic E-state index is 0.129. The summed E-state index contributed by atoms with van der Waals surface area (Å²) in [6.07, 6.45) is 1.45. The monoisotopic (exact) mass is 467 g/mol. The lowest BCUT2D eigenvalue weighted by molar-refractivity contribution is -0.132. The molecule has 8 heteroatoms. The number of hydrogen-bond donors (Lipinski definition) is 1. The molecule has 2 aromatic carbocycles. The summed E-state index contributed by atoms with van der Waals surface area (Å²) < 4.78 is 16.2. The van der Waals surface area contributed by atoms with E-state index in [4.69, 9.17) is 25.5 Å². The number of ether oxygens (including phenoxy) is 2. The fourth-order valence-electron chi connectivity index (χ4n) is 3.97. The van der Waals surface area contributed by atoms with Gasteiger partial charge in [0.1, 0.15) is 29.1 Å². The van der Waals surface area contributed by atoms with E-state index in [9.17, 15) is 14.7 Å². The van der Waals surface area contributed by atoms with Crippen LogP contribution in [0.15, 0.2) is 58.7 Å². The van der Waals surface area contributed by atoms with Gasteiger partial charge in [-0.05, 0) is 49.2 Å². The van der Waals surface area contributed by atoms with Crippen LogP contribution < -0.4 is 14.4 Å². The van der Waals surface area contributed by atoms with Crippen molar-refractivity contribution in [1.82, 2.24) is 0 Å². The fraction of sp³-hybridized carbons (Fsp3) is 0.200. The maximum atomic E-state index is 13.3. The number of carbonyl (C=O) groups is 2. The molecule has 0 bridgehead atoms.